The van der Waals surface area contributed by atoms with E-state index in [-0.39, 0.29) is 17.6 Å². The molecule has 0 bridgehead atoms. The number of thiazole rings is 1. The number of hydrogen-bond donors (Lipinski definition) is 3. The molecule has 1 aliphatic heterocycles. The maximum atomic E-state index is 12.7. The van der Waals surface area contributed by atoms with Crippen molar-refractivity contribution >= 4 is 39.8 Å². The van der Waals surface area contributed by atoms with Gasteiger partial charge in [0.15, 0.2) is 10.9 Å². The zero-order valence-corrected chi connectivity index (χ0v) is 18.8. The fourth-order valence-electron chi connectivity index (χ4n) is 3.41. The van der Waals surface area contributed by atoms with Gasteiger partial charge in [0.1, 0.15) is 16.3 Å². The average molecular weight is 457 g/mol. The second kappa shape index (κ2) is 8.97. The summed E-state index contributed by atoms with van der Waals surface area (Å²) in [6, 6.07) is 5.01. The highest BCUT2D eigenvalue weighted by Gasteiger charge is 2.22. The molecular weight excluding hydrogens is 432 g/mol. The SMILES string of the molecule is Cc1ccc(O)c(C)c1NC(=O)c1cnc(Nc2cc(C(=O)N3CCOCC3)n(C)n2)s1. The van der Waals surface area contributed by atoms with Gasteiger partial charge in [0.05, 0.1) is 25.1 Å². The molecule has 0 spiro atoms. The molecular formula is C21H24N6O4S. The van der Waals surface area contributed by atoms with Crippen LogP contribution in [0, 0.1) is 13.8 Å². The van der Waals surface area contributed by atoms with Crippen molar-refractivity contribution in [3.63, 3.8) is 0 Å². The molecule has 0 atom stereocenters. The lowest BCUT2D eigenvalue weighted by molar-refractivity contribution is 0.0295. The number of phenolic OH excluding ortho intramolecular Hbond substituents is 1. The third-order valence-electron chi connectivity index (χ3n) is 5.24. The summed E-state index contributed by atoms with van der Waals surface area (Å²) in [5.74, 6) is 0.157. The van der Waals surface area contributed by atoms with Crippen molar-refractivity contribution in [3.05, 3.63) is 46.1 Å². The number of benzene rings is 1. The fourth-order valence-corrected chi connectivity index (χ4v) is 4.13. The van der Waals surface area contributed by atoms with E-state index in [0.29, 0.717) is 59.1 Å². The number of anilines is 3. The predicted molar refractivity (Wildman–Crippen MR) is 121 cm³/mol. The van der Waals surface area contributed by atoms with Gasteiger partial charge in [-0.25, -0.2) is 4.98 Å². The first-order valence-corrected chi connectivity index (χ1v) is 10.9. The number of nitrogens with zero attached hydrogens (tertiary/aromatic N) is 4. The van der Waals surface area contributed by atoms with Gasteiger partial charge in [-0.2, -0.15) is 5.10 Å². The maximum absolute atomic E-state index is 12.7. The molecule has 1 aromatic carbocycles. The number of amides is 2. The number of carbonyl (C=O) groups excluding carboxylic acids is 2. The molecule has 2 amide bonds. The van der Waals surface area contributed by atoms with Gasteiger partial charge in [0.2, 0.25) is 0 Å². The van der Waals surface area contributed by atoms with E-state index in [4.69, 9.17) is 4.74 Å². The Morgan fingerprint density at radius 2 is 1.97 bits per heavy atom. The monoisotopic (exact) mass is 456 g/mol. The summed E-state index contributed by atoms with van der Waals surface area (Å²) in [4.78, 5) is 31.8. The van der Waals surface area contributed by atoms with Gasteiger partial charge in [-0.05, 0) is 25.5 Å². The number of rotatable bonds is 5. The topological polar surface area (TPSA) is 122 Å². The van der Waals surface area contributed by atoms with Crippen molar-refractivity contribution < 1.29 is 19.4 Å². The highest BCUT2D eigenvalue weighted by Crippen LogP contribution is 2.29. The first-order valence-electron chi connectivity index (χ1n) is 10.1. The lowest BCUT2D eigenvalue weighted by Gasteiger charge is -2.26. The van der Waals surface area contributed by atoms with Crippen LogP contribution in [0.2, 0.25) is 0 Å². The number of morpholine rings is 1. The summed E-state index contributed by atoms with van der Waals surface area (Å²) in [6.07, 6.45) is 1.47. The molecule has 1 aliphatic rings. The summed E-state index contributed by atoms with van der Waals surface area (Å²) < 4.78 is 6.82. The molecule has 3 heterocycles. The Morgan fingerprint density at radius 3 is 2.72 bits per heavy atom. The quantitative estimate of drug-likeness (QED) is 0.540. The van der Waals surface area contributed by atoms with Crippen LogP contribution in [0.5, 0.6) is 5.75 Å². The highest BCUT2D eigenvalue weighted by atomic mass is 32.1. The molecule has 1 fully saturated rings. The first-order chi connectivity index (χ1) is 15.3. The van der Waals surface area contributed by atoms with E-state index < -0.39 is 0 Å². The highest BCUT2D eigenvalue weighted by molar-refractivity contribution is 7.17. The third-order valence-corrected chi connectivity index (χ3v) is 6.16. The minimum Gasteiger partial charge on any atom is -0.508 e. The second-order valence-corrected chi connectivity index (χ2v) is 8.48. The number of aryl methyl sites for hydroxylation is 2. The molecule has 4 rings (SSSR count). The van der Waals surface area contributed by atoms with E-state index in [1.807, 2.05) is 6.92 Å². The zero-order chi connectivity index (χ0) is 22.8. The second-order valence-electron chi connectivity index (χ2n) is 7.45. The number of carbonyl (C=O) groups is 2. The third kappa shape index (κ3) is 4.43. The van der Waals surface area contributed by atoms with E-state index in [0.717, 1.165) is 16.9 Å². The molecule has 0 unspecified atom stereocenters. The summed E-state index contributed by atoms with van der Waals surface area (Å²) in [5.41, 5.74) is 2.49. The lowest BCUT2D eigenvalue weighted by Crippen LogP contribution is -2.41. The molecule has 0 saturated carbocycles. The minimum absolute atomic E-state index is 0.104. The number of hydrogen-bond acceptors (Lipinski definition) is 8. The summed E-state index contributed by atoms with van der Waals surface area (Å²) >= 11 is 1.16. The van der Waals surface area contributed by atoms with E-state index in [9.17, 15) is 14.7 Å². The van der Waals surface area contributed by atoms with Crippen LogP contribution in [-0.2, 0) is 11.8 Å². The molecule has 3 aromatic rings. The Hall–Kier alpha value is -3.44. The van der Waals surface area contributed by atoms with Crippen LogP contribution in [-0.4, -0.2) is 62.9 Å². The van der Waals surface area contributed by atoms with Crippen LogP contribution in [0.1, 0.15) is 31.3 Å². The van der Waals surface area contributed by atoms with Gasteiger partial charge < -0.3 is 25.4 Å². The molecule has 2 aromatic heterocycles. The van der Waals surface area contributed by atoms with Crippen molar-refractivity contribution in [2.24, 2.45) is 7.05 Å². The summed E-state index contributed by atoms with van der Waals surface area (Å²) in [7, 11) is 1.71. The molecule has 3 N–H and O–H groups in total. The van der Waals surface area contributed by atoms with Gasteiger partial charge in [-0.15, -0.1) is 0 Å². The van der Waals surface area contributed by atoms with E-state index >= 15 is 0 Å². The van der Waals surface area contributed by atoms with Gasteiger partial charge in [0.25, 0.3) is 11.8 Å². The lowest BCUT2D eigenvalue weighted by atomic mass is 10.1. The van der Waals surface area contributed by atoms with Crippen molar-refractivity contribution in [1.29, 1.82) is 0 Å². The van der Waals surface area contributed by atoms with Crippen molar-refractivity contribution in [3.8, 4) is 5.75 Å². The predicted octanol–water partition coefficient (Wildman–Crippen LogP) is 2.67. The van der Waals surface area contributed by atoms with Gasteiger partial charge in [-0.1, -0.05) is 17.4 Å². The van der Waals surface area contributed by atoms with Crippen molar-refractivity contribution in [2.45, 2.75) is 13.8 Å². The molecule has 11 heteroatoms. The Bertz CT molecular complexity index is 1170. The maximum Gasteiger partial charge on any atom is 0.272 e. The number of phenols is 1. The van der Waals surface area contributed by atoms with E-state index in [2.05, 4.69) is 20.7 Å². The number of aromatic hydroxyl groups is 1. The van der Waals surface area contributed by atoms with Crippen LogP contribution < -0.4 is 10.6 Å². The van der Waals surface area contributed by atoms with Crippen LogP contribution in [0.15, 0.2) is 24.4 Å². The molecule has 168 valence electrons. The van der Waals surface area contributed by atoms with E-state index in [1.54, 1.807) is 37.1 Å². The van der Waals surface area contributed by atoms with Crippen LogP contribution in [0.4, 0.5) is 16.6 Å². The molecule has 0 aliphatic carbocycles. The number of ether oxygens (including phenoxy) is 1. The average Bonchev–Trinajstić information content (AvgIpc) is 3.40. The van der Waals surface area contributed by atoms with Gasteiger partial charge in [-0.3, -0.25) is 14.3 Å². The molecule has 1 saturated heterocycles. The number of nitrogens with one attached hydrogen (secondary N) is 2. The largest absolute Gasteiger partial charge is 0.508 e. The van der Waals surface area contributed by atoms with Crippen molar-refractivity contribution in [1.82, 2.24) is 19.7 Å². The molecule has 0 radical (unpaired) electrons. The smallest absolute Gasteiger partial charge is 0.272 e. The standard InChI is InChI=1S/C21H24N6O4S/c1-12-4-5-15(28)13(2)18(12)24-19(29)16-11-22-21(32-16)23-17-10-14(26(3)25-17)20(30)27-6-8-31-9-7-27/h4-5,10-11,28H,6-9H2,1-3H3,(H,24,29)(H,22,23,25). The normalized spacial score (nSPS) is 13.8. The zero-order valence-electron chi connectivity index (χ0n) is 18.0. The van der Waals surface area contributed by atoms with Gasteiger partial charge >= 0.3 is 0 Å². The Labute approximate surface area is 188 Å². The Kier molecular flexibility index (Phi) is 6.10. The van der Waals surface area contributed by atoms with Crippen molar-refractivity contribution in [2.75, 3.05) is 36.9 Å². The Morgan fingerprint density at radius 1 is 1.22 bits per heavy atom. The molecule has 32 heavy (non-hydrogen) atoms. The first kappa shape index (κ1) is 21.8. The van der Waals surface area contributed by atoms with Gasteiger partial charge in [0, 0.05) is 31.8 Å². The fraction of sp³-hybridized carbons (Fsp3) is 0.333. The minimum atomic E-state index is -0.323. The summed E-state index contributed by atoms with van der Waals surface area (Å²) in [6.45, 7) is 5.76. The van der Waals surface area contributed by atoms with Crippen LogP contribution in [0.3, 0.4) is 0 Å². The number of aromatic nitrogens is 3. The van der Waals surface area contributed by atoms with E-state index in [1.165, 1.54) is 10.9 Å². The van der Waals surface area contributed by atoms with Crippen LogP contribution >= 0.6 is 11.3 Å². The summed E-state index contributed by atoms with van der Waals surface area (Å²) in [5, 5.41) is 20.6. The molecule has 10 nitrogen and oxygen atoms in total. The Balaban J connectivity index is 1.45. The van der Waals surface area contributed by atoms with Crippen LogP contribution in [0.25, 0.3) is 0 Å².